The van der Waals surface area contributed by atoms with E-state index >= 15 is 0 Å². The maximum absolute atomic E-state index is 12.4. The molecule has 2 aromatic rings. The first-order chi connectivity index (χ1) is 9.52. The van der Waals surface area contributed by atoms with Crippen molar-refractivity contribution in [3.63, 3.8) is 0 Å². The van der Waals surface area contributed by atoms with Crippen molar-refractivity contribution in [1.29, 1.82) is 0 Å². The van der Waals surface area contributed by atoms with Crippen molar-refractivity contribution in [3.05, 3.63) is 34.5 Å². The minimum atomic E-state index is -0.113. The monoisotopic (exact) mass is 292 g/mol. The second kappa shape index (κ2) is 6.09. The van der Waals surface area contributed by atoms with E-state index in [1.807, 2.05) is 30.7 Å². The summed E-state index contributed by atoms with van der Waals surface area (Å²) in [6.45, 7) is 6.07. The Labute approximate surface area is 122 Å². The van der Waals surface area contributed by atoms with Crippen molar-refractivity contribution >= 4 is 22.9 Å². The first kappa shape index (κ1) is 14.6. The van der Waals surface area contributed by atoms with E-state index in [1.54, 1.807) is 29.8 Å². The molecule has 108 valence electrons. The number of thiazole rings is 1. The van der Waals surface area contributed by atoms with E-state index in [9.17, 15) is 4.79 Å². The number of nitrogens with zero attached hydrogens (tertiary/aromatic N) is 2. The normalized spacial score (nSPS) is 12.6. The Kier molecular flexibility index (Phi) is 4.44. The van der Waals surface area contributed by atoms with Crippen LogP contribution in [0.15, 0.2) is 23.8 Å². The summed E-state index contributed by atoms with van der Waals surface area (Å²) >= 11 is 1.55. The molecule has 20 heavy (non-hydrogen) atoms. The first-order valence-corrected chi connectivity index (χ1v) is 7.58. The molecule has 2 rings (SSSR count). The lowest BCUT2D eigenvalue weighted by Crippen LogP contribution is -2.30. The SMILES string of the molecule is CCC(NC(=O)c1cc(N)cn1C(C)C)c1nccs1. The lowest BCUT2D eigenvalue weighted by Gasteiger charge is -2.17. The van der Waals surface area contributed by atoms with Gasteiger partial charge < -0.3 is 15.6 Å². The molecule has 1 amide bonds. The maximum atomic E-state index is 12.4. The number of nitrogens with one attached hydrogen (secondary N) is 1. The first-order valence-electron chi connectivity index (χ1n) is 6.70. The van der Waals surface area contributed by atoms with E-state index < -0.39 is 0 Å². The van der Waals surface area contributed by atoms with Gasteiger partial charge >= 0.3 is 0 Å². The highest BCUT2D eigenvalue weighted by molar-refractivity contribution is 7.09. The molecule has 0 fully saturated rings. The summed E-state index contributed by atoms with van der Waals surface area (Å²) < 4.78 is 1.89. The zero-order valence-corrected chi connectivity index (χ0v) is 12.8. The van der Waals surface area contributed by atoms with E-state index in [0.717, 1.165) is 11.4 Å². The number of anilines is 1. The summed E-state index contributed by atoms with van der Waals surface area (Å²) in [4.78, 5) is 16.7. The molecule has 2 aromatic heterocycles. The molecule has 0 saturated carbocycles. The fraction of sp³-hybridized carbons (Fsp3) is 0.429. The van der Waals surface area contributed by atoms with Crippen LogP contribution in [0.3, 0.4) is 0 Å². The Morgan fingerprint density at radius 3 is 2.85 bits per heavy atom. The van der Waals surface area contributed by atoms with Gasteiger partial charge in [-0.3, -0.25) is 4.79 Å². The van der Waals surface area contributed by atoms with Crippen molar-refractivity contribution in [3.8, 4) is 0 Å². The van der Waals surface area contributed by atoms with Crippen LogP contribution in [0.1, 0.15) is 54.8 Å². The lowest BCUT2D eigenvalue weighted by molar-refractivity contribution is 0.0924. The van der Waals surface area contributed by atoms with Gasteiger partial charge in [0.15, 0.2) is 0 Å². The highest BCUT2D eigenvalue weighted by atomic mass is 32.1. The van der Waals surface area contributed by atoms with Gasteiger partial charge in [0, 0.05) is 23.8 Å². The van der Waals surface area contributed by atoms with Crippen molar-refractivity contribution < 1.29 is 4.79 Å². The topological polar surface area (TPSA) is 72.9 Å². The fourth-order valence-corrected chi connectivity index (χ4v) is 2.86. The molecule has 0 aromatic carbocycles. The second-order valence-corrected chi connectivity index (χ2v) is 5.89. The maximum Gasteiger partial charge on any atom is 0.268 e. The Bertz CT molecular complexity index is 574. The number of hydrogen-bond donors (Lipinski definition) is 2. The van der Waals surface area contributed by atoms with Gasteiger partial charge in [0.2, 0.25) is 0 Å². The molecule has 0 aliphatic carbocycles. The summed E-state index contributed by atoms with van der Waals surface area (Å²) in [5.74, 6) is -0.113. The molecule has 1 unspecified atom stereocenters. The number of hydrogen-bond acceptors (Lipinski definition) is 4. The number of carbonyl (C=O) groups is 1. The van der Waals surface area contributed by atoms with Gasteiger partial charge in [0.25, 0.3) is 5.91 Å². The minimum Gasteiger partial charge on any atom is -0.397 e. The quantitative estimate of drug-likeness (QED) is 0.889. The van der Waals surface area contributed by atoms with Crippen LogP contribution in [0.25, 0.3) is 0 Å². The Balaban J connectivity index is 2.19. The smallest absolute Gasteiger partial charge is 0.268 e. The summed E-state index contributed by atoms with van der Waals surface area (Å²) in [6.07, 6.45) is 4.35. The molecule has 0 bridgehead atoms. The van der Waals surface area contributed by atoms with Gasteiger partial charge in [-0.2, -0.15) is 0 Å². The standard InChI is InChI=1S/C14H20N4OS/c1-4-11(14-16-5-6-20-14)17-13(19)12-7-10(15)8-18(12)9(2)3/h5-9,11H,4,15H2,1-3H3,(H,17,19). The van der Waals surface area contributed by atoms with Gasteiger partial charge in [0.05, 0.1) is 11.7 Å². The third kappa shape index (κ3) is 3.01. The van der Waals surface area contributed by atoms with Crippen LogP contribution in [0.2, 0.25) is 0 Å². The molecule has 3 N–H and O–H groups in total. The highest BCUT2D eigenvalue weighted by Crippen LogP contribution is 2.21. The zero-order chi connectivity index (χ0) is 14.7. The number of carbonyl (C=O) groups excluding carboxylic acids is 1. The van der Waals surface area contributed by atoms with Crippen molar-refractivity contribution in [2.24, 2.45) is 0 Å². The summed E-state index contributed by atoms with van der Waals surface area (Å²) in [5.41, 5.74) is 6.99. The van der Waals surface area contributed by atoms with Gasteiger partial charge in [-0.05, 0) is 26.3 Å². The Morgan fingerprint density at radius 1 is 1.55 bits per heavy atom. The van der Waals surface area contributed by atoms with Crippen LogP contribution < -0.4 is 11.1 Å². The number of rotatable bonds is 5. The third-order valence-corrected chi connectivity index (χ3v) is 4.01. The van der Waals surface area contributed by atoms with Crippen molar-refractivity contribution in [1.82, 2.24) is 14.9 Å². The molecule has 1 atom stereocenters. The lowest BCUT2D eigenvalue weighted by atomic mass is 10.2. The molecule has 0 radical (unpaired) electrons. The van der Waals surface area contributed by atoms with Gasteiger partial charge in [0.1, 0.15) is 10.7 Å². The number of nitrogens with two attached hydrogens (primary N) is 1. The van der Waals surface area contributed by atoms with Crippen LogP contribution in [0.4, 0.5) is 5.69 Å². The van der Waals surface area contributed by atoms with E-state index in [0.29, 0.717) is 11.4 Å². The Hall–Kier alpha value is -1.82. The second-order valence-electron chi connectivity index (χ2n) is 4.96. The number of amides is 1. The molecule has 0 saturated heterocycles. The van der Waals surface area contributed by atoms with Crippen molar-refractivity contribution in [2.45, 2.75) is 39.3 Å². The predicted molar refractivity (Wildman–Crippen MR) is 81.8 cm³/mol. The van der Waals surface area contributed by atoms with Crippen LogP contribution in [-0.2, 0) is 0 Å². The molecule has 2 heterocycles. The average molecular weight is 292 g/mol. The van der Waals surface area contributed by atoms with Crippen LogP contribution in [0, 0.1) is 0 Å². The zero-order valence-electron chi connectivity index (χ0n) is 12.0. The molecular weight excluding hydrogens is 272 g/mol. The fourth-order valence-electron chi connectivity index (χ4n) is 2.09. The third-order valence-electron chi connectivity index (χ3n) is 3.12. The minimum absolute atomic E-state index is 0.0563. The summed E-state index contributed by atoms with van der Waals surface area (Å²) in [5, 5.41) is 5.87. The molecule has 0 aliphatic rings. The van der Waals surface area contributed by atoms with Crippen LogP contribution in [-0.4, -0.2) is 15.5 Å². The van der Waals surface area contributed by atoms with E-state index in [4.69, 9.17) is 5.73 Å². The highest BCUT2D eigenvalue weighted by Gasteiger charge is 2.20. The van der Waals surface area contributed by atoms with Gasteiger partial charge in [-0.15, -0.1) is 11.3 Å². The molecule has 0 spiro atoms. The summed E-state index contributed by atoms with van der Waals surface area (Å²) in [7, 11) is 0. The number of aromatic nitrogens is 2. The molecule has 6 heteroatoms. The average Bonchev–Trinajstić information content (AvgIpc) is 3.04. The van der Waals surface area contributed by atoms with Crippen molar-refractivity contribution in [2.75, 3.05) is 5.73 Å². The Morgan fingerprint density at radius 2 is 2.30 bits per heavy atom. The largest absolute Gasteiger partial charge is 0.397 e. The predicted octanol–water partition coefficient (Wildman–Crippen LogP) is 2.99. The van der Waals surface area contributed by atoms with Gasteiger partial charge in [-0.25, -0.2) is 4.98 Å². The van der Waals surface area contributed by atoms with Crippen LogP contribution >= 0.6 is 11.3 Å². The van der Waals surface area contributed by atoms with Crippen LogP contribution in [0.5, 0.6) is 0 Å². The summed E-state index contributed by atoms with van der Waals surface area (Å²) in [6, 6.07) is 1.84. The van der Waals surface area contributed by atoms with E-state index in [2.05, 4.69) is 10.3 Å². The van der Waals surface area contributed by atoms with E-state index in [-0.39, 0.29) is 18.0 Å². The van der Waals surface area contributed by atoms with Gasteiger partial charge in [-0.1, -0.05) is 6.92 Å². The molecular formula is C14H20N4OS. The van der Waals surface area contributed by atoms with E-state index in [1.165, 1.54) is 0 Å². The molecule has 0 aliphatic heterocycles. The number of nitrogen functional groups attached to an aromatic ring is 1. The molecule has 5 nitrogen and oxygen atoms in total.